The topological polar surface area (TPSA) is 32.7 Å². The molecule has 1 amide bonds. The van der Waals surface area contributed by atoms with Gasteiger partial charge in [-0.15, -0.1) is 0 Å². The summed E-state index contributed by atoms with van der Waals surface area (Å²) in [7, 11) is 0. The Morgan fingerprint density at radius 2 is 2.25 bits per heavy atom. The fourth-order valence-electron chi connectivity index (χ4n) is 4.53. The minimum atomic E-state index is 0.140. The minimum absolute atomic E-state index is 0.140. The van der Waals surface area contributed by atoms with Crippen LogP contribution in [0.3, 0.4) is 0 Å². The molecule has 2 atom stereocenters. The minimum Gasteiger partial charge on any atom is -0.343 e. The molecule has 0 N–H and O–H groups in total. The summed E-state index contributed by atoms with van der Waals surface area (Å²) in [6.07, 6.45) is 4.61. The predicted molar refractivity (Wildman–Crippen MR) is 79.4 cm³/mol. The molecule has 1 saturated carbocycles. The Balaban J connectivity index is 1.80. The van der Waals surface area contributed by atoms with E-state index < -0.39 is 0 Å². The second-order valence-electron chi connectivity index (χ2n) is 6.35. The van der Waals surface area contributed by atoms with Crippen LogP contribution in [0.25, 0.3) is 0 Å². The van der Waals surface area contributed by atoms with Gasteiger partial charge in [0.05, 0.1) is 5.69 Å². The van der Waals surface area contributed by atoms with E-state index in [9.17, 15) is 4.79 Å². The normalized spacial score (nSPS) is 31.1. The number of rotatable bonds is 0. The third kappa shape index (κ3) is 1.46. The maximum absolute atomic E-state index is 11.7. The van der Waals surface area contributed by atoms with E-state index in [1.807, 2.05) is 4.90 Å². The summed E-state index contributed by atoms with van der Waals surface area (Å²) in [5.41, 5.74) is 4.12. The molecule has 1 aromatic carbocycles. The molecule has 20 heavy (non-hydrogen) atoms. The Kier molecular flexibility index (Phi) is 2.53. The Morgan fingerprint density at radius 1 is 1.40 bits per heavy atom. The van der Waals surface area contributed by atoms with Gasteiger partial charge in [-0.2, -0.15) is 0 Å². The van der Waals surface area contributed by atoms with Gasteiger partial charge in [0.15, 0.2) is 0 Å². The number of nitrogens with zero attached hydrogens (tertiary/aromatic N) is 2. The summed E-state index contributed by atoms with van der Waals surface area (Å²) in [4.78, 5) is 18.7. The van der Waals surface area contributed by atoms with Crippen LogP contribution in [0.15, 0.2) is 29.3 Å². The van der Waals surface area contributed by atoms with Crippen molar-refractivity contribution in [1.82, 2.24) is 4.90 Å². The van der Waals surface area contributed by atoms with Crippen molar-refractivity contribution in [3.8, 4) is 0 Å². The van der Waals surface area contributed by atoms with Crippen LogP contribution in [0.2, 0.25) is 0 Å². The largest absolute Gasteiger partial charge is 0.343 e. The van der Waals surface area contributed by atoms with Crippen LogP contribution in [-0.4, -0.2) is 29.6 Å². The highest BCUT2D eigenvalue weighted by molar-refractivity contribution is 6.03. The van der Waals surface area contributed by atoms with Gasteiger partial charge in [-0.05, 0) is 43.2 Å². The third-order valence-electron chi connectivity index (χ3n) is 5.48. The Bertz CT molecular complexity index is 607. The van der Waals surface area contributed by atoms with Gasteiger partial charge >= 0.3 is 0 Å². The van der Waals surface area contributed by atoms with Crippen LogP contribution in [0.4, 0.5) is 5.69 Å². The van der Waals surface area contributed by atoms with E-state index in [1.54, 1.807) is 6.92 Å². The number of amides is 1. The Labute approximate surface area is 119 Å². The van der Waals surface area contributed by atoms with Crippen LogP contribution < -0.4 is 0 Å². The van der Waals surface area contributed by atoms with Crippen LogP contribution in [0, 0.1) is 5.92 Å². The van der Waals surface area contributed by atoms with Gasteiger partial charge in [0.1, 0.15) is 0 Å². The maximum atomic E-state index is 11.7. The molecule has 1 spiro atoms. The summed E-state index contributed by atoms with van der Waals surface area (Å²) in [5, 5.41) is 0. The molecule has 1 unspecified atom stereocenters. The van der Waals surface area contributed by atoms with E-state index in [2.05, 4.69) is 24.3 Å². The molecule has 0 bridgehead atoms. The number of para-hydroxylation sites is 1. The zero-order valence-corrected chi connectivity index (χ0v) is 11.9. The fraction of sp³-hybridized carbons (Fsp3) is 0.529. The van der Waals surface area contributed by atoms with Crippen LogP contribution in [-0.2, 0) is 10.2 Å². The van der Waals surface area contributed by atoms with Crippen LogP contribution in [0.1, 0.15) is 38.2 Å². The Hall–Kier alpha value is -1.64. The highest BCUT2D eigenvalue weighted by Crippen LogP contribution is 2.53. The van der Waals surface area contributed by atoms with E-state index in [-0.39, 0.29) is 11.3 Å². The van der Waals surface area contributed by atoms with Gasteiger partial charge in [0, 0.05) is 31.1 Å². The molecule has 3 nitrogen and oxygen atoms in total. The summed E-state index contributed by atoms with van der Waals surface area (Å²) >= 11 is 0. The summed E-state index contributed by atoms with van der Waals surface area (Å²) in [5.74, 6) is 0.770. The van der Waals surface area contributed by atoms with Gasteiger partial charge in [0.25, 0.3) is 0 Å². The number of hydrogen-bond acceptors (Lipinski definition) is 2. The second kappa shape index (κ2) is 4.18. The SMILES string of the molecule is CC(=O)N1CCC23C(=Nc4ccccc42)CCC[C@H]3C1. The maximum Gasteiger partial charge on any atom is 0.219 e. The lowest BCUT2D eigenvalue weighted by Gasteiger charge is -2.49. The summed E-state index contributed by atoms with van der Waals surface area (Å²) < 4.78 is 0. The first-order chi connectivity index (χ1) is 9.72. The van der Waals surface area contributed by atoms with E-state index in [0.717, 1.165) is 25.9 Å². The van der Waals surface area contributed by atoms with Crippen molar-refractivity contribution < 1.29 is 4.79 Å². The molecule has 1 saturated heterocycles. The van der Waals surface area contributed by atoms with E-state index >= 15 is 0 Å². The molecule has 4 rings (SSSR count). The monoisotopic (exact) mass is 268 g/mol. The van der Waals surface area contributed by atoms with E-state index in [0.29, 0.717) is 5.92 Å². The van der Waals surface area contributed by atoms with Gasteiger partial charge in [-0.1, -0.05) is 18.2 Å². The quantitative estimate of drug-likeness (QED) is 0.711. The lowest BCUT2D eigenvalue weighted by molar-refractivity contribution is -0.131. The molecule has 0 radical (unpaired) electrons. The molecule has 2 aliphatic heterocycles. The third-order valence-corrected chi connectivity index (χ3v) is 5.48. The average Bonchev–Trinajstić information content (AvgIpc) is 2.79. The van der Waals surface area contributed by atoms with Gasteiger partial charge in [-0.3, -0.25) is 9.79 Å². The molecule has 0 aromatic heterocycles. The predicted octanol–water partition coefficient (Wildman–Crippen LogP) is 3.06. The van der Waals surface area contributed by atoms with Crippen molar-refractivity contribution in [2.24, 2.45) is 10.9 Å². The fourth-order valence-corrected chi connectivity index (χ4v) is 4.53. The van der Waals surface area contributed by atoms with Crippen LogP contribution >= 0.6 is 0 Å². The smallest absolute Gasteiger partial charge is 0.219 e. The van der Waals surface area contributed by atoms with Crippen molar-refractivity contribution in [3.05, 3.63) is 29.8 Å². The van der Waals surface area contributed by atoms with Crippen molar-refractivity contribution in [3.63, 3.8) is 0 Å². The number of benzene rings is 1. The molecule has 104 valence electrons. The van der Waals surface area contributed by atoms with Gasteiger partial charge in [-0.25, -0.2) is 0 Å². The highest BCUT2D eigenvalue weighted by Gasteiger charge is 2.53. The number of aliphatic imine (C=N–C) groups is 1. The second-order valence-corrected chi connectivity index (χ2v) is 6.35. The first kappa shape index (κ1) is 12.1. The molecule has 3 aliphatic rings. The molecule has 1 aliphatic carbocycles. The first-order valence-electron chi connectivity index (χ1n) is 7.65. The zero-order valence-electron chi connectivity index (χ0n) is 11.9. The van der Waals surface area contributed by atoms with Gasteiger partial charge in [0.2, 0.25) is 5.91 Å². The van der Waals surface area contributed by atoms with Gasteiger partial charge < -0.3 is 4.90 Å². The average molecular weight is 268 g/mol. The number of carbonyl (C=O) groups is 1. The standard InChI is InChI=1S/C17H20N2O/c1-12(20)19-10-9-17-13(11-19)5-4-8-16(17)18-15-7-3-2-6-14(15)17/h2-3,6-7,13H,4-5,8-11H2,1H3/t13-,17?/m0/s1. The van der Waals surface area contributed by atoms with Crippen molar-refractivity contribution in [2.75, 3.05) is 13.1 Å². The number of fused-ring (bicyclic) bond motifs is 1. The lowest BCUT2D eigenvalue weighted by Crippen LogP contribution is -2.55. The highest BCUT2D eigenvalue weighted by atomic mass is 16.2. The zero-order chi connectivity index (χ0) is 13.7. The van der Waals surface area contributed by atoms with Crippen molar-refractivity contribution >= 4 is 17.3 Å². The molecule has 1 aromatic rings. The summed E-state index contributed by atoms with van der Waals surface area (Å²) in [6, 6.07) is 8.61. The van der Waals surface area contributed by atoms with E-state index in [1.165, 1.54) is 29.8 Å². The molecule has 2 heterocycles. The molecule has 3 heteroatoms. The summed E-state index contributed by atoms with van der Waals surface area (Å²) in [6.45, 7) is 3.47. The number of hydrogen-bond donors (Lipinski definition) is 0. The molecule has 2 fully saturated rings. The van der Waals surface area contributed by atoms with Crippen molar-refractivity contribution in [2.45, 2.75) is 38.0 Å². The Morgan fingerprint density at radius 3 is 3.10 bits per heavy atom. The first-order valence-corrected chi connectivity index (χ1v) is 7.65. The van der Waals surface area contributed by atoms with Crippen molar-refractivity contribution in [1.29, 1.82) is 0 Å². The number of likely N-dealkylation sites (tertiary alicyclic amines) is 1. The lowest BCUT2D eigenvalue weighted by atomic mass is 9.59. The number of carbonyl (C=O) groups excluding carboxylic acids is 1. The molecular formula is C17H20N2O. The number of piperidine rings is 1. The molecular weight excluding hydrogens is 248 g/mol. The van der Waals surface area contributed by atoms with Crippen LogP contribution in [0.5, 0.6) is 0 Å². The van der Waals surface area contributed by atoms with E-state index in [4.69, 9.17) is 4.99 Å².